The molecule has 51 heavy (non-hydrogen) atoms. The summed E-state index contributed by atoms with van der Waals surface area (Å²) in [5.41, 5.74) is 10.2. The molecule has 9 N–H and O–H groups in total. The van der Waals surface area contributed by atoms with Gasteiger partial charge >= 0.3 is 23.9 Å². The number of allylic oxidation sites excluding steroid dienone is 2. The number of ether oxygens (including phenoxy) is 3. The molecule has 0 aliphatic carbocycles. The molecule has 0 aromatic rings. The van der Waals surface area contributed by atoms with Crippen LogP contribution in [0.15, 0.2) is 25.3 Å². The maximum absolute atomic E-state index is 11.7. The zero-order chi connectivity index (χ0) is 40.8. The Morgan fingerprint density at radius 1 is 0.686 bits per heavy atom. The highest BCUT2D eigenvalue weighted by molar-refractivity contribution is 15.0. The Morgan fingerprint density at radius 3 is 1.35 bits per heavy atom. The van der Waals surface area contributed by atoms with Gasteiger partial charge in [0.05, 0.1) is 46.6 Å². The van der Waals surface area contributed by atoms with Gasteiger partial charge in [0, 0.05) is 63.2 Å². The molecule has 0 fully saturated rings. The average Bonchev–Trinajstić information content (AvgIpc) is 3.10. The van der Waals surface area contributed by atoms with Crippen molar-refractivity contribution in [3.8, 4) is 0 Å². The van der Waals surface area contributed by atoms with Gasteiger partial charge in [0.15, 0.2) is 0 Å². The van der Waals surface area contributed by atoms with E-state index < -0.39 is 53.8 Å². The normalized spacial score (nSPS) is 10.8. The lowest BCUT2D eigenvalue weighted by Crippen LogP contribution is -2.47. The SMILES string of the molecule is C=CCCC(=O)NC(CC(=O)OC)C(=O)NCC.C=CCCC(=O)NC(CC(=O)OC)C(=O)O.CCN.CCNC(=O)C(N)CC(=O)OC.II. The average molecular weight is 959 g/mol. The maximum Gasteiger partial charge on any atom is 0.326 e. The Hall–Kier alpha value is -3.38. The van der Waals surface area contributed by atoms with Crippen molar-refractivity contribution in [2.45, 2.75) is 83.8 Å². The third kappa shape index (κ3) is 39.3. The van der Waals surface area contributed by atoms with Gasteiger partial charge in [0.25, 0.3) is 0 Å². The molecule has 0 saturated heterocycles. The Bertz CT molecular complexity index is 1050. The summed E-state index contributed by atoms with van der Waals surface area (Å²) in [5.74, 6) is -4.43. The van der Waals surface area contributed by atoms with Gasteiger partial charge in [-0.3, -0.25) is 33.6 Å². The number of nitrogens with two attached hydrogens (primary N) is 2. The molecule has 0 spiro atoms. The number of hydrogen-bond acceptors (Lipinski definition) is 13. The molecule has 3 atom stereocenters. The van der Waals surface area contributed by atoms with Crippen LogP contribution in [0.4, 0.5) is 0 Å². The van der Waals surface area contributed by atoms with E-state index in [-0.39, 0.29) is 43.9 Å². The summed E-state index contributed by atoms with van der Waals surface area (Å²) in [6, 6.07) is -2.95. The number of halogens is 2. The molecule has 20 heteroatoms. The molecule has 296 valence electrons. The van der Waals surface area contributed by atoms with Crippen molar-refractivity contribution in [2.75, 3.05) is 41.0 Å². The topological polar surface area (TPSA) is 285 Å². The highest BCUT2D eigenvalue weighted by atomic mass is 128. The fourth-order valence-electron chi connectivity index (χ4n) is 2.87. The molecule has 4 amide bonds. The van der Waals surface area contributed by atoms with Gasteiger partial charge in [-0.15, -0.1) is 13.2 Å². The fraction of sp³-hybridized carbons (Fsp3) is 0.613. The number of esters is 3. The maximum atomic E-state index is 11.7. The molecular formula is C31H56I2N6O12. The number of carbonyl (C=O) groups is 8. The van der Waals surface area contributed by atoms with E-state index in [9.17, 15) is 38.4 Å². The number of amides is 4. The third-order valence-corrected chi connectivity index (χ3v) is 5.29. The van der Waals surface area contributed by atoms with Gasteiger partial charge < -0.3 is 52.1 Å². The van der Waals surface area contributed by atoms with Crippen molar-refractivity contribution in [3.05, 3.63) is 25.3 Å². The van der Waals surface area contributed by atoms with Crippen molar-refractivity contribution < 1.29 is 57.7 Å². The monoisotopic (exact) mass is 958 g/mol. The van der Waals surface area contributed by atoms with E-state index in [0.717, 1.165) is 13.7 Å². The van der Waals surface area contributed by atoms with E-state index in [1.54, 1.807) is 26.0 Å². The predicted molar refractivity (Wildman–Crippen MR) is 208 cm³/mol. The molecular weight excluding hydrogens is 902 g/mol. The lowest BCUT2D eigenvalue weighted by molar-refractivity contribution is -0.148. The fourth-order valence-corrected chi connectivity index (χ4v) is 2.87. The number of nitrogens with one attached hydrogen (secondary N) is 4. The first-order valence-corrected chi connectivity index (χ1v) is 21.8. The Morgan fingerprint density at radius 2 is 1.02 bits per heavy atom. The lowest BCUT2D eigenvalue weighted by atomic mass is 10.1. The van der Waals surface area contributed by atoms with Crippen LogP contribution in [-0.4, -0.2) is 112 Å². The molecule has 0 rings (SSSR count). The first-order chi connectivity index (χ1) is 24.1. The number of carboxylic acid groups (broad SMARTS) is 1. The van der Waals surface area contributed by atoms with Crippen LogP contribution in [0.1, 0.15) is 65.7 Å². The highest BCUT2D eigenvalue weighted by Crippen LogP contribution is 1.99. The summed E-state index contributed by atoms with van der Waals surface area (Å²) in [5, 5.41) is 18.5. The van der Waals surface area contributed by atoms with Gasteiger partial charge in [-0.1, -0.05) is 19.1 Å². The van der Waals surface area contributed by atoms with Gasteiger partial charge in [-0.2, -0.15) is 0 Å². The molecule has 0 aliphatic rings. The first kappa shape index (κ1) is 57.0. The van der Waals surface area contributed by atoms with Crippen molar-refractivity contribution in [3.63, 3.8) is 0 Å². The standard InChI is InChI=1S/C12H20N2O4.C10H15NO5.C7H14N2O3.C2H7N.I2/c1-4-6-7-10(15)14-9(8-11(16)18-3)12(17)13-5-2;1-3-4-5-8(12)11-7(10(14)15)6-9(13)16-2;1-3-9-7(11)5(8)4-6(10)12-2;1-2-3;1-2/h4,9H,1,5-8H2,2-3H3,(H,13,17)(H,14,15);3,7H,1,4-6H2,2H3,(H,11,12)(H,14,15);5H,3-4,8H2,1-2H3,(H,9,11);2-3H2,1H3;. The molecule has 0 aromatic heterocycles. The molecule has 0 bridgehead atoms. The number of carboxylic acids is 1. The molecule has 0 radical (unpaired) electrons. The summed E-state index contributed by atoms with van der Waals surface area (Å²) < 4.78 is 13.2. The minimum absolute atomic E-state index is 0.0810. The van der Waals surface area contributed by atoms with E-state index in [4.69, 9.17) is 16.6 Å². The Labute approximate surface area is 323 Å². The van der Waals surface area contributed by atoms with E-state index in [0.29, 0.717) is 25.9 Å². The number of likely N-dealkylation sites (N-methyl/N-ethyl adjacent to an activating group) is 2. The molecule has 0 aliphatic heterocycles. The molecule has 18 nitrogen and oxygen atoms in total. The van der Waals surface area contributed by atoms with Crippen LogP contribution in [0.3, 0.4) is 0 Å². The summed E-state index contributed by atoms with van der Waals surface area (Å²) in [7, 11) is 3.64. The van der Waals surface area contributed by atoms with Gasteiger partial charge in [-0.25, -0.2) is 4.79 Å². The molecule has 0 saturated carbocycles. The zero-order valence-electron chi connectivity index (χ0n) is 30.2. The Kier molecular flexibility index (Phi) is 45.9. The smallest absolute Gasteiger partial charge is 0.326 e. The van der Waals surface area contributed by atoms with Gasteiger partial charge in [0.1, 0.15) is 12.1 Å². The van der Waals surface area contributed by atoms with Crippen LogP contribution in [0, 0.1) is 0 Å². The van der Waals surface area contributed by atoms with Crippen molar-refractivity contribution in [1.82, 2.24) is 21.3 Å². The van der Waals surface area contributed by atoms with Crippen LogP contribution in [0.25, 0.3) is 0 Å². The van der Waals surface area contributed by atoms with Crippen LogP contribution in [0.5, 0.6) is 0 Å². The number of methoxy groups -OCH3 is 3. The minimum atomic E-state index is -1.27. The van der Waals surface area contributed by atoms with Gasteiger partial charge in [-0.05, 0) is 33.2 Å². The Balaban J connectivity index is -0.000000197. The molecule has 0 heterocycles. The highest BCUT2D eigenvalue weighted by Gasteiger charge is 2.24. The largest absolute Gasteiger partial charge is 0.480 e. The van der Waals surface area contributed by atoms with Crippen LogP contribution in [-0.2, 0) is 52.6 Å². The van der Waals surface area contributed by atoms with E-state index in [1.807, 2.05) is 6.92 Å². The van der Waals surface area contributed by atoms with E-state index >= 15 is 0 Å². The summed E-state index contributed by atoms with van der Waals surface area (Å²) in [6.07, 6.45) is 3.88. The van der Waals surface area contributed by atoms with Crippen LogP contribution in [0.2, 0.25) is 0 Å². The molecule has 3 unspecified atom stereocenters. The summed E-state index contributed by atoms with van der Waals surface area (Å²) >= 11 is 4.24. The number of aliphatic carboxylic acids is 1. The van der Waals surface area contributed by atoms with Crippen molar-refractivity contribution in [1.29, 1.82) is 0 Å². The second-order valence-electron chi connectivity index (χ2n) is 9.38. The molecule has 0 aromatic carbocycles. The number of hydrogen-bond donors (Lipinski definition) is 7. The second-order valence-corrected chi connectivity index (χ2v) is 9.38. The third-order valence-electron chi connectivity index (χ3n) is 5.29. The summed E-state index contributed by atoms with van der Waals surface area (Å²) in [4.78, 5) is 88.7. The predicted octanol–water partition coefficient (Wildman–Crippen LogP) is 0.971. The van der Waals surface area contributed by atoms with Gasteiger partial charge in [0.2, 0.25) is 23.6 Å². The van der Waals surface area contributed by atoms with Crippen molar-refractivity contribution >= 4 is 84.7 Å². The lowest BCUT2D eigenvalue weighted by Gasteiger charge is -2.16. The first-order valence-electron chi connectivity index (χ1n) is 15.5. The minimum Gasteiger partial charge on any atom is -0.480 e. The van der Waals surface area contributed by atoms with Crippen LogP contribution >= 0.6 is 37.2 Å². The van der Waals surface area contributed by atoms with E-state index in [2.05, 4.69) is 85.9 Å². The quantitative estimate of drug-likeness (QED) is 0.0412. The van der Waals surface area contributed by atoms with Crippen LogP contribution < -0.4 is 32.7 Å². The van der Waals surface area contributed by atoms with E-state index in [1.165, 1.54) is 14.2 Å². The van der Waals surface area contributed by atoms with Crippen molar-refractivity contribution in [2.24, 2.45) is 11.5 Å². The summed E-state index contributed by atoms with van der Waals surface area (Å²) in [6.45, 7) is 14.1. The zero-order valence-corrected chi connectivity index (χ0v) is 34.5. The number of carbonyl (C=O) groups excluding carboxylic acids is 7. The number of rotatable bonds is 19. The second kappa shape index (κ2) is 41.0.